The molecule has 2 aliphatic heterocycles. The van der Waals surface area contributed by atoms with Crippen LogP contribution in [0.1, 0.15) is 44.9 Å². The number of likely N-dealkylation sites (tertiary alicyclic amines) is 2. The molecule has 3 aliphatic rings. The Kier molecular flexibility index (Phi) is 6.50. The number of nitrogens with zero attached hydrogens (tertiary/aromatic N) is 2. The lowest BCUT2D eigenvalue weighted by atomic mass is 9.90. The standard InChI is InChI=1S/C22H33N3O3/c26-16-19-5-2-12-25(19)15-22(27)23-17-6-8-20(9-7-17)28-21-10-13-24(14-11-21)18-3-1-4-18/h6-9,18-19,21,26H,1-5,10-16H2,(H,23,27)/t19-/m1/s1. The van der Waals surface area contributed by atoms with E-state index < -0.39 is 0 Å². The van der Waals surface area contributed by atoms with Crippen molar-refractivity contribution in [2.24, 2.45) is 0 Å². The molecule has 154 valence electrons. The number of nitrogens with one attached hydrogen (secondary N) is 1. The second kappa shape index (κ2) is 9.25. The molecule has 1 atom stereocenters. The fourth-order valence-corrected chi connectivity index (χ4v) is 4.61. The lowest BCUT2D eigenvalue weighted by molar-refractivity contribution is -0.117. The largest absolute Gasteiger partial charge is 0.490 e. The highest BCUT2D eigenvalue weighted by molar-refractivity contribution is 5.92. The highest BCUT2D eigenvalue weighted by Gasteiger charge is 2.29. The molecule has 0 spiro atoms. The summed E-state index contributed by atoms with van der Waals surface area (Å²) in [5, 5.41) is 12.3. The third-order valence-corrected chi connectivity index (χ3v) is 6.57. The Morgan fingerprint density at radius 2 is 1.79 bits per heavy atom. The Hall–Kier alpha value is -1.63. The third-order valence-electron chi connectivity index (χ3n) is 6.57. The van der Waals surface area contributed by atoms with Crippen molar-refractivity contribution in [3.8, 4) is 5.75 Å². The second-order valence-corrected chi connectivity index (χ2v) is 8.46. The number of aliphatic hydroxyl groups excluding tert-OH is 1. The van der Waals surface area contributed by atoms with Crippen molar-refractivity contribution >= 4 is 11.6 Å². The number of ether oxygens (including phenoxy) is 1. The van der Waals surface area contributed by atoms with Crippen LogP contribution in [-0.2, 0) is 4.79 Å². The fourth-order valence-electron chi connectivity index (χ4n) is 4.61. The van der Waals surface area contributed by atoms with Crippen LogP contribution in [0.5, 0.6) is 5.75 Å². The first-order chi connectivity index (χ1) is 13.7. The van der Waals surface area contributed by atoms with Crippen LogP contribution in [0.25, 0.3) is 0 Å². The maximum atomic E-state index is 12.3. The highest BCUT2D eigenvalue weighted by atomic mass is 16.5. The van der Waals surface area contributed by atoms with Gasteiger partial charge in [0.1, 0.15) is 11.9 Å². The molecule has 2 saturated heterocycles. The summed E-state index contributed by atoms with van der Waals surface area (Å²) in [6.45, 7) is 3.64. The Bertz CT molecular complexity index is 639. The van der Waals surface area contributed by atoms with Crippen LogP contribution >= 0.6 is 0 Å². The molecule has 2 heterocycles. The molecule has 0 unspecified atom stereocenters. The quantitative estimate of drug-likeness (QED) is 0.753. The summed E-state index contributed by atoms with van der Waals surface area (Å²) in [4.78, 5) is 17.0. The van der Waals surface area contributed by atoms with Crippen molar-refractivity contribution < 1.29 is 14.6 Å². The van der Waals surface area contributed by atoms with Gasteiger partial charge in [-0.25, -0.2) is 0 Å². The lowest BCUT2D eigenvalue weighted by Crippen LogP contribution is -2.46. The van der Waals surface area contributed by atoms with Crippen LogP contribution in [-0.4, -0.2) is 71.8 Å². The van der Waals surface area contributed by atoms with Crippen LogP contribution in [0.4, 0.5) is 5.69 Å². The number of carbonyl (C=O) groups is 1. The predicted molar refractivity (Wildman–Crippen MR) is 110 cm³/mol. The molecule has 0 bridgehead atoms. The number of amides is 1. The summed E-state index contributed by atoms with van der Waals surface area (Å²) < 4.78 is 6.16. The number of piperidine rings is 1. The number of benzene rings is 1. The number of anilines is 1. The molecule has 1 aliphatic carbocycles. The van der Waals surface area contributed by atoms with E-state index in [0.717, 1.165) is 62.8 Å². The van der Waals surface area contributed by atoms with Gasteiger partial charge in [-0.1, -0.05) is 6.42 Å². The summed E-state index contributed by atoms with van der Waals surface area (Å²) in [7, 11) is 0. The summed E-state index contributed by atoms with van der Waals surface area (Å²) in [6, 6.07) is 8.66. The normalized spacial score (nSPS) is 24.8. The van der Waals surface area contributed by atoms with Gasteiger partial charge in [-0.15, -0.1) is 0 Å². The van der Waals surface area contributed by atoms with Crippen LogP contribution < -0.4 is 10.1 Å². The summed E-state index contributed by atoms with van der Waals surface area (Å²) >= 11 is 0. The first kappa shape index (κ1) is 19.7. The molecule has 0 radical (unpaired) electrons. The monoisotopic (exact) mass is 387 g/mol. The zero-order valence-electron chi connectivity index (χ0n) is 16.7. The van der Waals surface area contributed by atoms with E-state index in [4.69, 9.17) is 4.74 Å². The molecular formula is C22H33N3O3. The van der Waals surface area contributed by atoms with Gasteiger partial charge in [0.25, 0.3) is 0 Å². The van der Waals surface area contributed by atoms with Gasteiger partial charge in [-0.05, 0) is 69.3 Å². The molecule has 0 aromatic heterocycles. The third kappa shape index (κ3) is 4.85. The minimum absolute atomic E-state index is 0.0302. The molecule has 1 amide bonds. The van der Waals surface area contributed by atoms with E-state index in [1.807, 2.05) is 24.3 Å². The minimum Gasteiger partial charge on any atom is -0.490 e. The Morgan fingerprint density at radius 1 is 1.04 bits per heavy atom. The van der Waals surface area contributed by atoms with E-state index >= 15 is 0 Å². The van der Waals surface area contributed by atoms with Crippen molar-refractivity contribution in [2.45, 2.75) is 63.1 Å². The molecule has 2 N–H and O–H groups in total. The smallest absolute Gasteiger partial charge is 0.238 e. The summed E-state index contributed by atoms with van der Waals surface area (Å²) in [6.07, 6.45) is 8.63. The zero-order chi connectivity index (χ0) is 19.3. The number of carbonyl (C=O) groups excluding carboxylic acids is 1. The van der Waals surface area contributed by atoms with Crippen molar-refractivity contribution in [1.82, 2.24) is 9.80 Å². The molecule has 1 aromatic rings. The molecule has 3 fully saturated rings. The van der Waals surface area contributed by atoms with E-state index in [9.17, 15) is 9.90 Å². The Labute approximate surface area is 167 Å². The van der Waals surface area contributed by atoms with Gasteiger partial charge in [-0.2, -0.15) is 0 Å². The molecule has 1 aromatic carbocycles. The van der Waals surface area contributed by atoms with E-state index in [-0.39, 0.29) is 18.6 Å². The Balaban J connectivity index is 1.21. The first-order valence-corrected chi connectivity index (χ1v) is 10.9. The topological polar surface area (TPSA) is 65.0 Å². The van der Waals surface area contributed by atoms with Gasteiger partial charge >= 0.3 is 0 Å². The van der Waals surface area contributed by atoms with E-state index in [2.05, 4.69) is 15.1 Å². The molecule has 6 nitrogen and oxygen atoms in total. The van der Waals surface area contributed by atoms with Crippen molar-refractivity contribution in [3.63, 3.8) is 0 Å². The van der Waals surface area contributed by atoms with Gasteiger partial charge in [0.15, 0.2) is 0 Å². The average molecular weight is 388 g/mol. The van der Waals surface area contributed by atoms with Gasteiger partial charge in [0.2, 0.25) is 5.91 Å². The van der Waals surface area contributed by atoms with E-state index in [0.29, 0.717) is 12.6 Å². The fraction of sp³-hybridized carbons (Fsp3) is 0.682. The highest BCUT2D eigenvalue weighted by Crippen LogP contribution is 2.28. The number of aliphatic hydroxyl groups is 1. The van der Waals surface area contributed by atoms with Crippen LogP contribution in [0.3, 0.4) is 0 Å². The van der Waals surface area contributed by atoms with E-state index in [1.54, 1.807) is 0 Å². The first-order valence-electron chi connectivity index (χ1n) is 10.9. The number of hydrogen-bond donors (Lipinski definition) is 2. The maximum absolute atomic E-state index is 12.3. The van der Waals surface area contributed by atoms with Crippen LogP contribution in [0.15, 0.2) is 24.3 Å². The molecular weight excluding hydrogens is 354 g/mol. The summed E-state index contributed by atoms with van der Waals surface area (Å²) in [5.74, 6) is 0.845. The van der Waals surface area contributed by atoms with Gasteiger partial charge < -0.3 is 20.1 Å². The maximum Gasteiger partial charge on any atom is 0.238 e. The summed E-state index contributed by atoms with van der Waals surface area (Å²) in [5.41, 5.74) is 0.789. The van der Waals surface area contributed by atoms with Crippen molar-refractivity contribution in [1.29, 1.82) is 0 Å². The van der Waals surface area contributed by atoms with Gasteiger partial charge in [0.05, 0.1) is 13.2 Å². The number of rotatable bonds is 7. The Morgan fingerprint density at radius 3 is 2.43 bits per heavy atom. The SMILES string of the molecule is O=C(CN1CCC[C@@H]1CO)Nc1ccc(OC2CCN(C3CCC3)CC2)cc1. The second-order valence-electron chi connectivity index (χ2n) is 8.46. The number of hydrogen-bond acceptors (Lipinski definition) is 5. The van der Waals surface area contributed by atoms with Crippen LogP contribution in [0.2, 0.25) is 0 Å². The zero-order valence-corrected chi connectivity index (χ0v) is 16.7. The van der Waals surface area contributed by atoms with Crippen molar-refractivity contribution in [2.75, 3.05) is 38.1 Å². The van der Waals surface area contributed by atoms with Gasteiger partial charge in [0, 0.05) is 30.9 Å². The molecule has 1 saturated carbocycles. The molecule has 4 rings (SSSR count). The molecule has 6 heteroatoms. The minimum atomic E-state index is -0.0302. The predicted octanol–water partition coefficient (Wildman–Crippen LogP) is 2.48. The van der Waals surface area contributed by atoms with Gasteiger partial charge in [-0.3, -0.25) is 9.69 Å². The molecule has 28 heavy (non-hydrogen) atoms. The lowest BCUT2D eigenvalue weighted by Gasteiger charge is -2.41. The van der Waals surface area contributed by atoms with Crippen molar-refractivity contribution in [3.05, 3.63) is 24.3 Å². The van der Waals surface area contributed by atoms with E-state index in [1.165, 1.54) is 19.3 Å². The average Bonchev–Trinajstić information content (AvgIpc) is 3.10. The van der Waals surface area contributed by atoms with Crippen LogP contribution in [0, 0.1) is 0 Å².